The third-order valence-corrected chi connectivity index (χ3v) is 3.05. The summed E-state index contributed by atoms with van der Waals surface area (Å²) in [4.78, 5) is 24.1. The molecule has 1 aliphatic carbocycles. The Labute approximate surface area is 87.8 Å². The zero-order chi connectivity index (χ0) is 11.0. The predicted molar refractivity (Wildman–Crippen MR) is 51.1 cm³/mol. The van der Waals surface area contributed by atoms with Crippen molar-refractivity contribution in [3.63, 3.8) is 0 Å². The monoisotopic (exact) mass is 207 g/mol. The Morgan fingerprint density at radius 2 is 2.13 bits per heavy atom. The molecule has 1 unspecified atom stereocenters. The molecule has 5 nitrogen and oxygen atoms in total. The van der Waals surface area contributed by atoms with Crippen LogP contribution in [0.25, 0.3) is 0 Å². The number of carbonyl (C=O) groups excluding carboxylic acids is 2. The summed E-state index contributed by atoms with van der Waals surface area (Å²) < 4.78 is 0. The van der Waals surface area contributed by atoms with Crippen molar-refractivity contribution in [2.24, 2.45) is 17.6 Å². The molecule has 1 saturated heterocycles. The largest absolute Gasteiger partial charge is 0.368 e. The van der Waals surface area contributed by atoms with Crippen molar-refractivity contribution in [3.8, 4) is 6.07 Å². The lowest BCUT2D eigenvalue weighted by atomic mass is 9.88. The van der Waals surface area contributed by atoms with Gasteiger partial charge in [-0.05, 0) is 18.8 Å². The molecule has 0 aromatic heterocycles. The van der Waals surface area contributed by atoms with Crippen molar-refractivity contribution in [1.29, 1.82) is 5.26 Å². The van der Waals surface area contributed by atoms with Crippen LogP contribution in [0.1, 0.15) is 19.3 Å². The normalized spacial score (nSPS) is 29.1. The van der Waals surface area contributed by atoms with Crippen LogP contribution in [-0.2, 0) is 9.59 Å². The number of nitriles is 1. The summed E-state index contributed by atoms with van der Waals surface area (Å²) in [6, 6.07) is 1.30. The number of nitrogens with zero attached hydrogens (tertiary/aromatic N) is 2. The molecule has 2 atom stereocenters. The van der Waals surface area contributed by atoms with Crippen LogP contribution in [0.3, 0.4) is 0 Å². The Bertz CT molecular complexity index is 343. The third kappa shape index (κ3) is 1.80. The highest BCUT2D eigenvalue weighted by atomic mass is 16.2. The van der Waals surface area contributed by atoms with Crippen molar-refractivity contribution in [2.45, 2.75) is 25.3 Å². The van der Waals surface area contributed by atoms with E-state index in [1.165, 1.54) is 4.90 Å². The standard InChI is InChI=1S/C10H13N3O2/c11-4-7-5-13(9(7)10(12)15)8(14)3-6-1-2-6/h6-7,9H,1-3,5H2,(H2,12,15)/t7?,9-/m1/s1. The molecule has 0 aromatic carbocycles. The Hall–Kier alpha value is -1.57. The lowest BCUT2D eigenvalue weighted by molar-refractivity contribution is -0.149. The Balaban J connectivity index is 1.95. The molecule has 0 bridgehead atoms. The van der Waals surface area contributed by atoms with E-state index in [2.05, 4.69) is 0 Å². The fourth-order valence-electron chi connectivity index (χ4n) is 1.91. The molecule has 15 heavy (non-hydrogen) atoms. The van der Waals surface area contributed by atoms with Crippen LogP contribution in [0, 0.1) is 23.2 Å². The lowest BCUT2D eigenvalue weighted by Crippen LogP contribution is -2.63. The van der Waals surface area contributed by atoms with Crippen LogP contribution in [0.2, 0.25) is 0 Å². The van der Waals surface area contributed by atoms with Crippen LogP contribution in [-0.4, -0.2) is 29.3 Å². The zero-order valence-corrected chi connectivity index (χ0v) is 8.35. The predicted octanol–water partition coefficient (Wildman–Crippen LogP) is -0.378. The fourth-order valence-corrected chi connectivity index (χ4v) is 1.91. The van der Waals surface area contributed by atoms with Gasteiger partial charge >= 0.3 is 0 Å². The van der Waals surface area contributed by atoms with Crippen LogP contribution in [0.15, 0.2) is 0 Å². The van der Waals surface area contributed by atoms with Crippen molar-refractivity contribution in [2.75, 3.05) is 6.54 Å². The summed E-state index contributed by atoms with van der Waals surface area (Å²) in [7, 11) is 0. The van der Waals surface area contributed by atoms with E-state index in [-0.39, 0.29) is 5.91 Å². The minimum Gasteiger partial charge on any atom is -0.368 e. The topological polar surface area (TPSA) is 87.2 Å². The summed E-state index contributed by atoms with van der Waals surface area (Å²) >= 11 is 0. The van der Waals surface area contributed by atoms with Crippen LogP contribution in [0.5, 0.6) is 0 Å². The third-order valence-electron chi connectivity index (χ3n) is 3.05. The maximum Gasteiger partial charge on any atom is 0.241 e. The van der Waals surface area contributed by atoms with E-state index < -0.39 is 17.9 Å². The van der Waals surface area contributed by atoms with Crippen molar-refractivity contribution >= 4 is 11.8 Å². The first kappa shape index (κ1) is 9.97. The smallest absolute Gasteiger partial charge is 0.241 e. The van der Waals surface area contributed by atoms with Gasteiger partial charge in [0.15, 0.2) is 0 Å². The second-order valence-electron chi connectivity index (χ2n) is 4.28. The number of hydrogen-bond acceptors (Lipinski definition) is 3. The molecule has 2 aliphatic rings. The van der Waals surface area contributed by atoms with E-state index in [0.29, 0.717) is 18.9 Å². The molecule has 2 N–H and O–H groups in total. The van der Waals surface area contributed by atoms with E-state index in [0.717, 1.165) is 12.8 Å². The maximum atomic E-state index is 11.7. The first-order valence-corrected chi connectivity index (χ1v) is 5.12. The number of carbonyl (C=O) groups is 2. The highest BCUT2D eigenvalue weighted by molar-refractivity contribution is 5.89. The van der Waals surface area contributed by atoms with Gasteiger partial charge in [-0.25, -0.2) is 0 Å². The van der Waals surface area contributed by atoms with E-state index in [9.17, 15) is 9.59 Å². The highest BCUT2D eigenvalue weighted by Crippen LogP contribution is 2.35. The summed E-state index contributed by atoms with van der Waals surface area (Å²) in [5.74, 6) is -0.525. The molecule has 1 saturated carbocycles. The van der Waals surface area contributed by atoms with Gasteiger partial charge in [0.2, 0.25) is 11.8 Å². The van der Waals surface area contributed by atoms with Gasteiger partial charge in [-0.3, -0.25) is 9.59 Å². The van der Waals surface area contributed by atoms with Crippen molar-refractivity contribution in [1.82, 2.24) is 4.90 Å². The molecule has 2 amide bonds. The molecule has 2 fully saturated rings. The molecule has 1 heterocycles. The average Bonchev–Trinajstić information content (AvgIpc) is 2.85. The summed E-state index contributed by atoms with van der Waals surface area (Å²) in [5.41, 5.74) is 5.15. The number of nitrogens with two attached hydrogens (primary N) is 1. The Morgan fingerprint density at radius 1 is 1.47 bits per heavy atom. The first-order valence-electron chi connectivity index (χ1n) is 5.12. The Morgan fingerprint density at radius 3 is 2.60 bits per heavy atom. The SMILES string of the molecule is N#CC1CN(C(=O)CC2CC2)[C@H]1C(N)=O. The lowest BCUT2D eigenvalue weighted by Gasteiger charge is -2.42. The Kier molecular flexibility index (Phi) is 2.35. The molecule has 0 radical (unpaired) electrons. The number of primary amides is 1. The fraction of sp³-hybridized carbons (Fsp3) is 0.700. The van der Waals surface area contributed by atoms with Gasteiger partial charge in [0.1, 0.15) is 6.04 Å². The zero-order valence-electron chi connectivity index (χ0n) is 8.35. The van der Waals surface area contributed by atoms with Gasteiger partial charge in [0.25, 0.3) is 0 Å². The maximum absolute atomic E-state index is 11.7. The molecular weight excluding hydrogens is 194 g/mol. The number of rotatable bonds is 3. The number of hydrogen-bond donors (Lipinski definition) is 1. The van der Waals surface area contributed by atoms with E-state index >= 15 is 0 Å². The molecular formula is C10H13N3O2. The second kappa shape index (κ2) is 3.54. The summed E-state index contributed by atoms with van der Waals surface area (Å²) in [5, 5.41) is 8.70. The van der Waals surface area contributed by atoms with E-state index in [1.54, 1.807) is 0 Å². The highest BCUT2D eigenvalue weighted by Gasteiger charge is 2.46. The van der Waals surface area contributed by atoms with Gasteiger partial charge in [0, 0.05) is 13.0 Å². The summed E-state index contributed by atoms with van der Waals surface area (Å²) in [6.45, 7) is 0.357. The van der Waals surface area contributed by atoms with Crippen LogP contribution < -0.4 is 5.73 Å². The first-order chi connectivity index (χ1) is 7.13. The van der Waals surface area contributed by atoms with Gasteiger partial charge in [-0.1, -0.05) is 0 Å². The molecule has 5 heteroatoms. The summed E-state index contributed by atoms with van der Waals surface area (Å²) in [6.07, 6.45) is 2.70. The van der Waals surface area contributed by atoms with Crippen LogP contribution in [0.4, 0.5) is 0 Å². The molecule has 80 valence electrons. The van der Waals surface area contributed by atoms with Crippen molar-refractivity contribution < 1.29 is 9.59 Å². The molecule has 0 spiro atoms. The van der Waals surface area contributed by atoms with Gasteiger partial charge in [-0.2, -0.15) is 5.26 Å². The minimum atomic E-state index is -0.693. The van der Waals surface area contributed by atoms with Gasteiger partial charge in [-0.15, -0.1) is 0 Å². The van der Waals surface area contributed by atoms with Crippen LogP contribution >= 0.6 is 0 Å². The molecule has 1 aliphatic heterocycles. The molecule has 0 aromatic rings. The number of amides is 2. The minimum absolute atomic E-state index is 0.0344. The quantitative estimate of drug-likeness (QED) is 0.684. The van der Waals surface area contributed by atoms with Gasteiger partial charge < -0.3 is 10.6 Å². The van der Waals surface area contributed by atoms with Crippen molar-refractivity contribution in [3.05, 3.63) is 0 Å². The second-order valence-corrected chi connectivity index (χ2v) is 4.28. The van der Waals surface area contributed by atoms with E-state index in [4.69, 9.17) is 11.0 Å². The molecule has 2 rings (SSSR count). The average molecular weight is 207 g/mol. The van der Waals surface area contributed by atoms with Gasteiger partial charge in [0.05, 0.1) is 12.0 Å². The van der Waals surface area contributed by atoms with E-state index in [1.807, 2.05) is 6.07 Å². The number of likely N-dealkylation sites (tertiary alicyclic amines) is 1.